The minimum absolute atomic E-state index is 0.157. The van der Waals surface area contributed by atoms with Crippen LogP contribution < -0.4 is 16.3 Å². The van der Waals surface area contributed by atoms with Crippen molar-refractivity contribution in [1.29, 1.82) is 0 Å². The number of anilines is 1. The van der Waals surface area contributed by atoms with Crippen LogP contribution in [-0.4, -0.2) is 26.9 Å². The molecule has 0 radical (unpaired) electrons. The van der Waals surface area contributed by atoms with Crippen molar-refractivity contribution in [1.82, 2.24) is 19.7 Å². The molecule has 0 aliphatic rings. The van der Waals surface area contributed by atoms with Gasteiger partial charge in [-0.1, -0.05) is 0 Å². The topological polar surface area (TPSA) is 81.0 Å². The number of aromatic nitrogens is 3. The molecule has 140 valence electrons. The molecule has 3 rings (SSSR count). The predicted octanol–water partition coefficient (Wildman–Crippen LogP) is 2.35. The Morgan fingerprint density at radius 2 is 1.63 bits per heavy atom. The number of hydrogen-bond donors (Lipinski definition) is 2. The van der Waals surface area contributed by atoms with Crippen LogP contribution in [0.5, 0.6) is 0 Å². The molecule has 0 aliphatic carbocycles. The lowest BCUT2D eigenvalue weighted by Crippen LogP contribution is -2.34. The Labute approximate surface area is 153 Å². The maximum absolute atomic E-state index is 13.0. The van der Waals surface area contributed by atoms with E-state index in [4.69, 9.17) is 0 Å². The predicted molar refractivity (Wildman–Crippen MR) is 96.3 cm³/mol. The van der Waals surface area contributed by atoms with Crippen LogP contribution in [0.4, 0.5) is 19.3 Å². The van der Waals surface area contributed by atoms with Crippen LogP contribution in [0.25, 0.3) is 11.4 Å². The third-order valence-corrected chi connectivity index (χ3v) is 3.85. The minimum atomic E-state index is -0.482. The van der Waals surface area contributed by atoms with Crippen LogP contribution in [0.3, 0.4) is 0 Å². The van der Waals surface area contributed by atoms with Crippen LogP contribution >= 0.6 is 0 Å². The van der Waals surface area contributed by atoms with Crippen molar-refractivity contribution in [3.8, 4) is 11.4 Å². The Bertz CT molecular complexity index is 994. The molecular formula is C18H17F2N5O2. The van der Waals surface area contributed by atoms with Crippen molar-refractivity contribution in [2.24, 2.45) is 7.05 Å². The number of halogens is 2. The van der Waals surface area contributed by atoms with Gasteiger partial charge in [-0.25, -0.2) is 23.1 Å². The average Bonchev–Trinajstić information content (AvgIpc) is 2.93. The zero-order valence-corrected chi connectivity index (χ0v) is 14.4. The first-order chi connectivity index (χ1) is 12.9. The van der Waals surface area contributed by atoms with Crippen LogP contribution in [0.2, 0.25) is 0 Å². The number of amides is 2. The summed E-state index contributed by atoms with van der Waals surface area (Å²) in [5, 5.41) is 9.38. The molecule has 3 aromatic rings. The fraction of sp³-hybridized carbons (Fsp3) is 0.167. The highest BCUT2D eigenvalue weighted by molar-refractivity contribution is 5.89. The fourth-order valence-electron chi connectivity index (χ4n) is 2.47. The van der Waals surface area contributed by atoms with Gasteiger partial charge in [0.25, 0.3) is 0 Å². The molecule has 0 spiro atoms. The van der Waals surface area contributed by atoms with Crippen molar-refractivity contribution in [3.05, 3.63) is 70.6 Å². The van der Waals surface area contributed by atoms with Gasteiger partial charge in [0.15, 0.2) is 5.82 Å². The van der Waals surface area contributed by atoms with Crippen molar-refractivity contribution in [2.75, 3.05) is 11.9 Å². The van der Waals surface area contributed by atoms with Gasteiger partial charge in [0.2, 0.25) is 0 Å². The summed E-state index contributed by atoms with van der Waals surface area (Å²) in [6.07, 6.45) is 0. The van der Waals surface area contributed by atoms with Crippen molar-refractivity contribution < 1.29 is 13.6 Å². The summed E-state index contributed by atoms with van der Waals surface area (Å²) >= 11 is 0. The summed E-state index contributed by atoms with van der Waals surface area (Å²) < 4.78 is 28.5. The molecule has 0 fully saturated rings. The number of urea groups is 1. The van der Waals surface area contributed by atoms with Crippen LogP contribution in [0.1, 0.15) is 0 Å². The second-order valence-electron chi connectivity index (χ2n) is 5.78. The van der Waals surface area contributed by atoms with Gasteiger partial charge in [-0.15, -0.1) is 5.10 Å². The summed E-state index contributed by atoms with van der Waals surface area (Å²) in [7, 11) is 1.57. The summed E-state index contributed by atoms with van der Waals surface area (Å²) in [5.74, 6) is -0.372. The van der Waals surface area contributed by atoms with Crippen molar-refractivity contribution in [2.45, 2.75) is 6.54 Å². The average molecular weight is 373 g/mol. The Morgan fingerprint density at radius 1 is 1.04 bits per heavy atom. The zero-order valence-electron chi connectivity index (χ0n) is 14.4. The Kier molecular flexibility index (Phi) is 5.30. The summed E-state index contributed by atoms with van der Waals surface area (Å²) in [6, 6.07) is 10.5. The molecule has 0 unspecified atom stereocenters. The summed E-state index contributed by atoms with van der Waals surface area (Å²) in [6.45, 7) is 0.317. The molecular weight excluding hydrogens is 356 g/mol. The summed E-state index contributed by atoms with van der Waals surface area (Å²) in [5.41, 5.74) is 0.703. The number of benzene rings is 2. The van der Waals surface area contributed by atoms with Crippen molar-refractivity contribution in [3.63, 3.8) is 0 Å². The Hall–Kier alpha value is -3.49. The van der Waals surface area contributed by atoms with Gasteiger partial charge in [0, 0.05) is 24.8 Å². The summed E-state index contributed by atoms with van der Waals surface area (Å²) in [4.78, 5) is 24.1. The molecule has 0 atom stereocenters. The maximum Gasteiger partial charge on any atom is 0.345 e. The molecule has 7 nitrogen and oxygen atoms in total. The lowest BCUT2D eigenvalue weighted by atomic mass is 10.2. The third kappa shape index (κ3) is 4.38. The second kappa shape index (κ2) is 7.81. The van der Waals surface area contributed by atoms with Gasteiger partial charge < -0.3 is 10.6 Å². The molecule has 0 aliphatic heterocycles. The smallest absolute Gasteiger partial charge is 0.336 e. The van der Waals surface area contributed by atoms with E-state index in [9.17, 15) is 18.4 Å². The van der Waals surface area contributed by atoms with E-state index in [0.717, 1.165) is 0 Å². The van der Waals surface area contributed by atoms with E-state index in [1.807, 2.05) is 0 Å². The van der Waals surface area contributed by atoms with E-state index < -0.39 is 11.8 Å². The number of carbonyl (C=O) groups excluding carboxylic acids is 1. The minimum Gasteiger partial charge on any atom is -0.336 e. The fourth-order valence-corrected chi connectivity index (χ4v) is 2.47. The highest BCUT2D eigenvalue weighted by atomic mass is 19.1. The molecule has 1 aromatic heterocycles. The standard InChI is InChI=1S/C18H17F2N5O2/c1-24-16(12-2-4-13(19)5-3-12)23-25(18(24)27)11-10-21-17(26)22-15-8-6-14(20)7-9-15/h2-9H,10-11H2,1H3,(H2,21,22,26). The Morgan fingerprint density at radius 3 is 2.26 bits per heavy atom. The second-order valence-corrected chi connectivity index (χ2v) is 5.78. The molecule has 2 aromatic carbocycles. The lowest BCUT2D eigenvalue weighted by molar-refractivity contribution is 0.251. The van der Waals surface area contributed by atoms with E-state index in [2.05, 4.69) is 15.7 Å². The Balaban J connectivity index is 1.60. The monoisotopic (exact) mass is 373 g/mol. The van der Waals surface area contributed by atoms with Gasteiger partial charge in [-0.05, 0) is 48.5 Å². The normalized spacial score (nSPS) is 10.6. The maximum atomic E-state index is 13.0. The molecule has 0 saturated heterocycles. The van der Waals surface area contributed by atoms with Crippen molar-refractivity contribution >= 4 is 11.7 Å². The highest BCUT2D eigenvalue weighted by Crippen LogP contribution is 2.15. The van der Waals surface area contributed by atoms with E-state index in [1.54, 1.807) is 7.05 Å². The van der Waals surface area contributed by atoms with E-state index >= 15 is 0 Å². The first-order valence-electron chi connectivity index (χ1n) is 8.14. The van der Waals surface area contributed by atoms with Crippen LogP contribution in [0.15, 0.2) is 53.3 Å². The van der Waals surface area contributed by atoms with Gasteiger partial charge >= 0.3 is 11.7 Å². The van der Waals surface area contributed by atoms with Gasteiger partial charge in [0.05, 0.1) is 6.54 Å². The van der Waals surface area contributed by atoms with E-state index in [0.29, 0.717) is 17.1 Å². The van der Waals surface area contributed by atoms with Crippen LogP contribution in [-0.2, 0) is 13.6 Å². The lowest BCUT2D eigenvalue weighted by Gasteiger charge is -2.07. The molecule has 2 amide bonds. The number of rotatable bonds is 5. The molecule has 1 heterocycles. The molecule has 9 heteroatoms. The van der Waals surface area contributed by atoms with Gasteiger partial charge in [-0.3, -0.25) is 4.57 Å². The molecule has 2 N–H and O–H groups in total. The van der Waals surface area contributed by atoms with Crippen LogP contribution in [0, 0.1) is 11.6 Å². The van der Waals surface area contributed by atoms with E-state index in [1.165, 1.54) is 57.8 Å². The molecule has 0 bridgehead atoms. The zero-order chi connectivity index (χ0) is 19.4. The van der Waals surface area contributed by atoms with E-state index in [-0.39, 0.29) is 24.6 Å². The first kappa shape index (κ1) is 18.3. The van der Waals surface area contributed by atoms with Gasteiger partial charge in [0.1, 0.15) is 11.6 Å². The quantitative estimate of drug-likeness (QED) is 0.720. The highest BCUT2D eigenvalue weighted by Gasteiger charge is 2.12. The first-order valence-corrected chi connectivity index (χ1v) is 8.14. The van der Waals surface area contributed by atoms with Gasteiger partial charge in [-0.2, -0.15) is 0 Å². The third-order valence-electron chi connectivity index (χ3n) is 3.85. The number of hydrogen-bond acceptors (Lipinski definition) is 3. The largest absolute Gasteiger partial charge is 0.345 e. The number of nitrogens with one attached hydrogen (secondary N) is 2. The molecule has 27 heavy (non-hydrogen) atoms. The number of nitrogens with zero attached hydrogens (tertiary/aromatic N) is 3. The SMILES string of the molecule is Cn1c(-c2ccc(F)cc2)nn(CCNC(=O)Nc2ccc(F)cc2)c1=O. The number of carbonyl (C=O) groups is 1. The molecule has 0 saturated carbocycles.